The molecule has 0 bridgehead atoms. The van der Waals surface area contributed by atoms with Gasteiger partial charge in [0.1, 0.15) is 0 Å². The molecule has 22 aromatic rings. The zero-order chi connectivity index (χ0) is 84.2. The molecule has 18 aromatic carbocycles. The number of rotatable bonds is 12. The average Bonchev–Trinajstić information content (AvgIpc) is 1.61. The van der Waals surface area contributed by atoms with E-state index in [1.165, 1.54) is 127 Å². The lowest BCUT2D eigenvalue weighted by atomic mass is 9.33. The Hall–Kier alpha value is -13.9. The van der Waals surface area contributed by atoms with Gasteiger partial charge in [-0.15, -0.1) is 0 Å². The lowest BCUT2D eigenvalue weighted by molar-refractivity contribution is -0.137. The third-order valence-electron chi connectivity index (χ3n) is 27.5. The van der Waals surface area contributed by atoms with Gasteiger partial charge in [0.25, 0.3) is 0 Å². The number of para-hydroxylation sites is 8. The first-order chi connectivity index (χ1) is 59.6. The van der Waals surface area contributed by atoms with Gasteiger partial charge < -0.3 is 18.3 Å². The first-order valence-corrected chi connectivity index (χ1v) is 43.0. The van der Waals surface area contributed by atoms with Gasteiger partial charge in [0.15, 0.2) is 0 Å². The summed E-state index contributed by atoms with van der Waals surface area (Å²) in [5.41, 5.74) is 37.7. The summed E-state index contributed by atoms with van der Waals surface area (Å²) in [4.78, 5) is 0. The van der Waals surface area contributed by atoms with E-state index in [2.05, 4.69) is 386 Å². The highest BCUT2D eigenvalue weighted by Gasteiger charge is 2.38. The summed E-state index contributed by atoms with van der Waals surface area (Å²) < 4.78 is 56.4. The smallest absolute Gasteiger partial charge is 0.309 e. The van der Waals surface area contributed by atoms with Crippen molar-refractivity contribution >= 4 is 166 Å². The second kappa shape index (κ2) is 28.1. The van der Waals surface area contributed by atoms with Gasteiger partial charge in [0, 0.05) is 65.8 Å². The Bertz CT molecular complexity index is 7610. The topological polar surface area (TPSA) is 19.7 Å². The Labute approximate surface area is 714 Å². The van der Waals surface area contributed by atoms with Crippen molar-refractivity contribution < 1.29 is 13.2 Å². The number of aromatic nitrogens is 4. The van der Waals surface area contributed by atoms with Crippen molar-refractivity contribution in [2.45, 2.75) is 96.2 Å². The first-order valence-electron chi connectivity index (χ1n) is 43.0. The normalized spacial score (nSPS) is 12.2. The van der Waals surface area contributed by atoms with Crippen LogP contribution in [-0.4, -0.2) is 31.7 Å². The highest BCUT2D eigenvalue weighted by molar-refractivity contribution is 6.99. The summed E-state index contributed by atoms with van der Waals surface area (Å²) in [6.07, 6.45) is -4.58. The van der Waals surface area contributed by atoms with Crippen LogP contribution in [0.1, 0.15) is 77.9 Å². The fourth-order valence-electron chi connectivity index (χ4n) is 23.0. The molecule has 4 heterocycles. The molecule has 0 aliphatic carbocycles. The maximum atomic E-state index is 15.5. The first kappa shape index (κ1) is 75.3. The van der Waals surface area contributed by atoms with Gasteiger partial charge in [-0.25, -0.2) is 0 Å². The van der Waals surface area contributed by atoms with Crippen molar-refractivity contribution in [3.63, 3.8) is 0 Å². The number of halogens is 3. The fourth-order valence-corrected chi connectivity index (χ4v) is 23.0. The highest BCUT2D eigenvalue weighted by Crippen LogP contribution is 2.47. The van der Waals surface area contributed by atoms with Crippen LogP contribution in [0.25, 0.3) is 165 Å². The van der Waals surface area contributed by atoms with Gasteiger partial charge in [-0.2, -0.15) is 13.2 Å². The molecule has 0 unspecified atom stereocenters. The zero-order valence-electron chi connectivity index (χ0n) is 71.4. The predicted molar refractivity (Wildman–Crippen MR) is 520 cm³/mol. The largest absolute Gasteiger partial charge is 0.416 e. The third-order valence-corrected chi connectivity index (χ3v) is 27.5. The van der Waals surface area contributed by atoms with Gasteiger partial charge in [0.2, 0.25) is 13.4 Å². The van der Waals surface area contributed by atoms with Crippen LogP contribution in [0.2, 0.25) is 0 Å². The predicted octanol–water partition coefficient (Wildman–Crippen LogP) is 26.4. The summed E-state index contributed by atoms with van der Waals surface area (Å²) in [7, 11) is 0. The molecule has 0 atom stereocenters. The zero-order valence-corrected chi connectivity index (χ0v) is 71.4. The number of alkyl halides is 3. The Morgan fingerprint density at radius 1 is 0.211 bits per heavy atom. The minimum Gasteiger partial charge on any atom is -0.309 e. The van der Waals surface area contributed by atoms with Crippen molar-refractivity contribution in [3.05, 3.63) is 381 Å². The van der Waals surface area contributed by atoms with Crippen LogP contribution in [0.4, 0.5) is 13.2 Å². The maximum absolute atomic E-state index is 15.5. The maximum Gasteiger partial charge on any atom is 0.416 e. The molecule has 4 aromatic heterocycles. The van der Waals surface area contributed by atoms with E-state index in [1.807, 2.05) is 13.8 Å². The van der Waals surface area contributed by atoms with E-state index in [4.69, 9.17) is 0 Å². The fraction of sp³-hybridized carbons (Fsp3) is 0.123. The summed E-state index contributed by atoms with van der Waals surface area (Å²) in [6.45, 7) is 28.3. The quantitative estimate of drug-likeness (QED) is 0.0858. The molecule has 0 aliphatic heterocycles. The number of fused-ring (bicyclic) bond motifs is 12. The summed E-state index contributed by atoms with van der Waals surface area (Å²) in [5, 5.41) is 16.1. The Balaban J connectivity index is 0.880. The van der Waals surface area contributed by atoms with Gasteiger partial charge in [-0.05, 0) is 276 Å². The van der Waals surface area contributed by atoms with Crippen LogP contribution in [0.5, 0.6) is 0 Å². The van der Waals surface area contributed by atoms with E-state index in [-0.39, 0.29) is 6.71 Å². The van der Waals surface area contributed by atoms with Crippen LogP contribution in [-0.2, 0) is 6.18 Å². The monoisotopic (exact) mass is 1590 g/mol. The molecule has 0 radical (unpaired) electrons. The Morgan fingerprint density at radius 2 is 0.415 bits per heavy atom. The Morgan fingerprint density at radius 3 is 0.634 bits per heavy atom. The van der Waals surface area contributed by atoms with Gasteiger partial charge >= 0.3 is 6.18 Å². The van der Waals surface area contributed by atoms with E-state index in [9.17, 15) is 0 Å². The molecule has 9 heteroatoms. The average molecular weight is 1590 g/mol. The van der Waals surface area contributed by atoms with Crippen molar-refractivity contribution in [1.82, 2.24) is 18.3 Å². The highest BCUT2D eigenvalue weighted by atomic mass is 19.4. The molecule has 0 aliphatic rings. The van der Waals surface area contributed by atoms with Gasteiger partial charge in [0.05, 0.1) is 49.7 Å². The molecule has 0 fully saturated rings. The van der Waals surface area contributed by atoms with Crippen molar-refractivity contribution in [1.29, 1.82) is 0 Å². The lowest BCUT2D eigenvalue weighted by Gasteiger charge is -2.30. The van der Waals surface area contributed by atoms with Crippen molar-refractivity contribution in [3.8, 4) is 45.0 Å². The van der Waals surface area contributed by atoms with E-state index < -0.39 is 18.5 Å². The molecule has 0 saturated heterocycles. The second-order valence-electron chi connectivity index (χ2n) is 35.2. The van der Waals surface area contributed by atoms with Crippen LogP contribution in [0, 0.1) is 90.0 Å². The molecular weight excluding hydrogens is 1500 g/mol. The van der Waals surface area contributed by atoms with Crippen LogP contribution < -0.4 is 32.8 Å². The lowest BCUT2D eigenvalue weighted by Crippen LogP contribution is -2.56. The third kappa shape index (κ3) is 11.4. The molecule has 0 amide bonds. The minimum atomic E-state index is -4.58. The molecule has 0 N–H and O–H groups in total. The number of hydrogen-bond acceptors (Lipinski definition) is 0. The molecule has 0 spiro atoms. The Kier molecular flexibility index (Phi) is 17.2. The standard InChI is InChI=1S/C114H89B2F3N4/c1-64-50-65(2)106(66(3)51-64)94-62-96(115(110-69(6)54-78(55-70(110)7)120-98-38-22-14-30-82(98)83-31-15-23-39-99(83)120)111-71(8)56-79(57-72(111)9)121-100-40-24-16-32-84(100)85-33-17-25-41-101(85)121)92-49-47-91-95(107-67(4)52-77(53-68(107)5)114(117,118)119)63-97(93-48-46-90(94)108(92)109(91)93)116(112-73(10)58-80(59-74(112)11)122-102-42-26-18-34-86(102)87-35-19-27-43-103(87)122)113-75(12)60-81(61-76(113)13)123-104-44-28-20-36-88(104)89-37-21-29-45-105(89)123/h14-63H,1-13H3. The van der Waals surface area contributed by atoms with Crippen molar-refractivity contribution in [2.24, 2.45) is 0 Å². The minimum absolute atomic E-state index is 0.360. The molecular formula is C114H89B2F3N4. The number of nitrogens with zero attached hydrogens (tertiary/aromatic N) is 4. The second-order valence-corrected chi connectivity index (χ2v) is 35.2. The molecule has 123 heavy (non-hydrogen) atoms. The van der Waals surface area contributed by atoms with E-state index in [1.54, 1.807) is 0 Å². The number of benzene rings is 18. The van der Waals surface area contributed by atoms with E-state index in [0.717, 1.165) is 144 Å². The van der Waals surface area contributed by atoms with E-state index >= 15 is 13.2 Å². The van der Waals surface area contributed by atoms with Crippen LogP contribution in [0.3, 0.4) is 0 Å². The summed E-state index contributed by atoms with van der Waals surface area (Å²) in [5.74, 6) is 0. The van der Waals surface area contributed by atoms with Crippen LogP contribution >= 0.6 is 0 Å². The van der Waals surface area contributed by atoms with Crippen LogP contribution in [0.15, 0.2) is 303 Å². The molecule has 592 valence electrons. The SMILES string of the molecule is Cc1cc(C)c(-c2cc(B(c3c(C)cc(-n4c5ccccc5c5ccccc54)cc3C)c3c(C)cc(-n4c5ccccc5c5ccccc54)cc3C)c3ccc4c(-c5c(C)cc(C(F)(F)F)cc5C)cc(B(c5c(C)cc(-n6c7ccccc7c7ccccc76)cc5C)c5c(C)cc(-n6c7ccccc7c7ccccc76)cc5C)c5ccc2c3c54)c(C)c1. The van der Waals surface area contributed by atoms with Gasteiger partial charge in [-0.3, -0.25) is 0 Å². The van der Waals surface area contributed by atoms with Crippen molar-refractivity contribution in [2.75, 3.05) is 0 Å². The number of aryl methyl sites for hydroxylation is 13. The van der Waals surface area contributed by atoms with Gasteiger partial charge in [-0.1, -0.05) is 277 Å². The summed E-state index contributed by atoms with van der Waals surface area (Å²) in [6, 6.07) is 111. The number of hydrogen-bond donors (Lipinski definition) is 0. The molecule has 0 saturated carbocycles. The van der Waals surface area contributed by atoms with E-state index in [0.29, 0.717) is 11.1 Å². The molecule has 22 rings (SSSR count). The molecule has 4 nitrogen and oxygen atoms in total. The summed E-state index contributed by atoms with van der Waals surface area (Å²) >= 11 is 0.